The summed E-state index contributed by atoms with van der Waals surface area (Å²) in [5.74, 6) is -1.26. The molecule has 1 N–H and O–H groups in total. The smallest absolute Gasteiger partial charge is 0.256 e. The number of aryl methyl sites for hydroxylation is 3. The first-order valence-corrected chi connectivity index (χ1v) is 9.29. The van der Waals surface area contributed by atoms with Crippen LogP contribution in [0, 0.1) is 32.5 Å². The van der Waals surface area contributed by atoms with E-state index in [4.69, 9.17) is 0 Å². The highest BCUT2D eigenvalue weighted by Crippen LogP contribution is 2.25. The molecule has 0 bridgehead atoms. The molecule has 0 radical (unpaired) electrons. The Kier molecular flexibility index (Phi) is 5.59. The first-order chi connectivity index (χ1) is 12.9. The highest BCUT2D eigenvalue weighted by Gasteiger charge is 2.30. The van der Waals surface area contributed by atoms with Crippen LogP contribution in [0.3, 0.4) is 0 Å². The van der Waals surface area contributed by atoms with E-state index in [-0.39, 0.29) is 23.3 Å². The summed E-state index contributed by atoms with van der Waals surface area (Å²) < 4.78 is 13.9. The minimum absolute atomic E-state index is 0.0591. The molecule has 142 valence electrons. The zero-order valence-corrected chi connectivity index (χ0v) is 16.0. The fourth-order valence-electron chi connectivity index (χ4n) is 3.78. The van der Waals surface area contributed by atoms with E-state index in [0.717, 1.165) is 35.2 Å². The molecule has 1 heterocycles. The van der Waals surface area contributed by atoms with Gasteiger partial charge < -0.3 is 10.2 Å². The van der Waals surface area contributed by atoms with Crippen LogP contribution in [-0.4, -0.2) is 29.8 Å². The number of hydrogen-bond acceptors (Lipinski definition) is 2. The molecule has 0 aromatic heterocycles. The van der Waals surface area contributed by atoms with Gasteiger partial charge in [-0.15, -0.1) is 0 Å². The average molecular weight is 368 g/mol. The Morgan fingerprint density at radius 3 is 2.44 bits per heavy atom. The van der Waals surface area contributed by atoms with E-state index >= 15 is 0 Å². The average Bonchev–Trinajstić information content (AvgIpc) is 2.64. The van der Waals surface area contributed by atoms with Gasteiger partial charge in [-0.3, -0.25) is 9.59 Å². The van der Waals surface area contributed by atoms with Crippen molar-refractivity contribution >= 4 is 17.5 Å². The van der Waals surface area contributed by atoms with Gasteiger partial charge in [0, 0.05) is 18.8 Å². The zero-order valence-electron chi connectivity index (χ0n) is 16.0. The lowest BCUT2D eigenvalue weighted by atomic mass is 9.95. The molecule has 1 atom stereocenters. The second-order valence-corrected chi connectivity index (χ2v) is 7.33. The van der Waals surface area contributed by atoms with Gasteiger partial charge in [-0.05, 0) is 56.9 Å². The van der Waals surface area contributed by atoms with Crippen molar-refractivity contribution in [3.8, 4) is 0 Å². The molecule has 1 unspecified atom stereocenters. The van der Waals surface area contributed by atoms with Gasteiger partial charge in [0.2, 0.25) is 5.91 Å². The van der Waals surface area contributed by atoms with Crippen LogP contribution in [0.25, 0.3) is 0 Å². The molecular formula is C22H25FN2O2. The molecule has 4 nitrogen and oxygen atoms in total. The number of piperidine rings is 1. The van der Waals surface area contributed by atoms with Crippen molar-refractivity contribution in [3.05, 3.63) is 64.5 Å². The predicted octanol–water partition coefficient (Wildman–Crippen LogP) is 4.24. The number of likely N-dealkylation sites (tertiary alicyclic amines) is 1. The van der Waals surface area contributed by atoms with Crippen molar-refractivity contribution in [1.82, 2.24) is 4.90 Å². The van der Waals surface area contributed by atoms with Gasteiger partial charge in [0.25, 0.3) is 5.91 Å². The number of halogens is 1. The van der Waals surface area contributed by atoms with Crippen molar-refractivity contribution < 1.29 is 14.0 Å². The van der Waals surface area contributed by atoms with Crippen molar-refractivity contribution in [1.29, 1.82) is 0 Å². The largest absolute Gasteiger partial charge is 0.338 e. The third kappa shape index (κ3) is 4.18. The predicted molar refractivity (Wildman–Crippen MR) is 104 cm³/mol. The van der Waals surface area contributed by atoms with Crippen LogP contribution in [0.5, 0.6) is 0 Å². The number of nitrogens with one attached hydrogen (secondary N) is 1. The lowest BCUT2D eigenvalue weighted by Crippen LogP contribution is -2.44. The Morgan fingerprint density at radius 2 is 1.78 bits per heavy atom. The van der Waals surface area contributed by atoms with E-state index < -0.39 is 5.82 Å². The lowest BCUT2D eigenvalue weighted by molar-refractivity contribution is -0.121. The van der Waals surface area contributed by atoms with E-state index in [0.29, 0.717) is 13.1 Å². The van der Waals surface area contributed by atoms with Crippen LogP contribution in [-0.2, 0) is 4.79 Å². The van der Waals surface area contributed by atoms with Crippen LogP contribution >= 0.6 is 0 Å². The monoisotopic (exact) mass is 368 g/mol. The summed E-state index contributed by atoms with van der Waals surface area (Å²) in [5, 5.41) is 3.04. The first-order valence-electron chi connectivity index (χ1n) is 9.29. The minimum atomic E-state index is -0.528. The molecule has 5 heteroatoms. The summed E-state index contributed by atoms with van der Waals surface area (Å²) in [5.41, 5.74) is 4.10. The number of anilines is 1. The highest BCUT2D eigenvalue weighted by atomic mass is 19.1. The van der Waals surface area contributed by atoms with Crippen molar-refractivity contribution in [3.63, 3.8) is 0 Å². The molecule has 27 heavy (non-hydrogen) atoms. The van der Waals surface area contributed by atoms with Crippen molar-refractivity contribution in [2.75, 3.05) is 18.4 Å². The molecule has 2 aromatic carbocycles. The van der Waals surface area contributed by atoms with Gasteiger partial charge in [0.1, 0.15) is 5.82 Å². The van der Waals surface area contributed by atoms with E-state index in [1.165, 1.54) is 12.1 Å². The van der Waals surface area contributed by atoms with Gasteiger partial charge in [0.15, 0.2) is 0 Å². The number of amides is 2. The molecule has 3 rings (SSSR count). The summed E-state index contributed by atoms with van der Waals surface area (Å²) in [6.07, 6.45) is 1.45. The summed E-state index contributed by atoms with van der Waals surface area (Å²) in [6, 6.07) is 10.1. The van der Waals surface area contributed by atoms with E-state index in [1.54, 1.807) is 17.0 Å². The minimum Gasteiger partial charge on any atom is -0.338 e. The van der Waals surface area contributed by atoms with Gasteiger partial charge >= 0.3 is 0 Å². The number of nitrogens with zero attached hydrogens (tertiary/aromatic N) is 1. The van der Waals surface area contributed by atoms with Crippen LogP contribution in [0.1, 0.15) is 39.9 Å². The second-order valence-electron chi connectivity index (χ2n) is 7.33. The van der Waals surface area contributed by atoms with Gasteiger partial charge in [0.05, 0.1) is 11.5 Å². The maximum absolute atomic E-state index is 13.9. The molecule has 0 saturated carbocycles. The quantitative estimate of drug-likeness (QED) is 0.881. The number of carbonyl (C=O) groups excluding carboxylic acids is 2. The maximum atomic E-state index is 13.9. The SMILES string of the molecule is Cc1cc(C)c(NC(=O)C2CCCN(C(=O)c3ccccc3F)C2)c(C)c1. The second kappa shape index (κ2) is 7.91. The number of hydrogen-bond donors (Lipinski definition) is 1. The van der Waals surface area contributed by atoms with Crippen LogP contribution in [0.4, 0.5) is 10.1 Å². The zero-order chi connectivity index (χ0) is 19.6. The van der Waals surface area contributed by atoms with Crippen LogP contribution in [0.2, 0.25) is 0 Å². The van der Waals surface area contributed by atoms with Gasteiger partial charge in [-0.2, -0.15) is 0 Å². The fourth-order valence-corrected chi connectivity index (χ4v) is 3.78. The molecule has 1 aliphatic heterocycles. The third-order valence-corrected chi connectivity index (χ3v) is 5.11. The first kappa shape index (κ1) is 19.1. The Labute approximate surface area is 159 Å². The molecule has 0 aliphatic carbocycles. The Morgan fingerprint density at radius 1 is 1.11 bits per heavy atom. The molecule has 1 fully saturated rings. The van der Waals surface area contributed by atoms with E-state index in [2.05, 4.69) is 5.32 Å². The van der Waals surface area contributed by atoms with Crippen molar-refractivity contribution in [2.45, 2.75) is 33.6 Å². The molecule has 1 aliphatic rings. The maximum Gasteiger partial charge on any atom is 0.256 e. The number of rotatable bonds is 3. The summed E-state index contributed by atoms with van der Waals surface area (Å²) in [4.78, 5) is 27.0. The van der Waals surface area contributed by atoms with Crippen molar-refractivity contribution in [2.24, 2.45) is 5.92 Å². The van der Waals surface area contributed by atoms with E-state index in [1.807, 2.05) is 32.9 Å². The molecule has 0 spiro atoms. The van der Waals surface area contributed by atoms with Gasteiger partial charge in [-0.1, -0.05) is 29.8 Å². The highest BCUT2D eigenvalue weighted by molar-refractivity contribution is 5.97. The number of benzene rings is 2. The fraction of sp³-hybridized carbons (Fsp3) is 0.364. The summed E-state index contributed by atoms with van der Waals surface area (Å²) in [7, 11) is 0. The Bertz CT molecular complexity index is 855. The standard InChI is InChI=1S/C22H25FN2O2/c1-14-11-15(2)20(16(3)12-14)24-21(26)17-7-6-10-25(13-17)22(27)18-8-4-5-9-19(18)23/h4-5,8-9,11-12,17H,6-7,10,13H2,1-3H3,(H,24,26). The number of carbonyl (C=O) groups is 2. The van der Waals surface area contributed by atoms with Gasteiger partial charge in [-0.25, -0.2) is 4.39 Å². The molecule has 2 amide bonds. The molecular weight excluding hydrogens is 343 g/mol. The topological polar surface area (TPSA) is 49.4 Å². The molecule has 1 saturated heterocycles. The lowest BCUT2D eigenvalue weighted by Gasteiger charge is -2.32. The normalized spacial score (nSPS) is 16.9. The van der Waals surface area contributed by atoms with E-state index in [9.17, 15) is 14.0 Å². The van der Waals surface area contributed by atoms with Crippen LogP contribution < -0.4 is 5.32 Å². The third-order valence-electron chi connectivity index (χ3n) is 5.11. The molecule has 2 aromatic rings. The Balaban J connectivity index is 1.72. The van der Waals surface area contributed by atoms with Crippen LogP contribution in [0.15, 0.2) is 36.4 Å². The summed E-state index contributed by atoms with van der Waals surface area (Å²) >= 11 is 0. The summed E-state index contributed by atoms with van der Waals surface area (Å²) in [6.45, 7) is 6.83. The Hall–Kier alpha value is -2.69.